The molecule has 0 aliphatic rings. The minimum Gasteiger partial charge on any atom is -0.258 e. The number of rotatable bonds is 2. The van der Waals surface area contributed by atoms with E-state index in [2.05, 4.69) is 5.10 Å². The van der Waals surface area contributed by atoms with Crippen molar-refractivity contribution in [1.82, 2.24) is 9.78 Å². The van der Waals surface area contributed by atoms with Crippen LogP contribution < -0.4 is 0 Å². The van der Waals surface area contributed by atoms with Gasteiger partial charge >= 0.3 is 0 Å². The highest BCUT2D eigenvalue weighted by molar-refractivity contribution is 5.42. The first-order chi connectivity index (χ1) is 7.16. The molecule has 0 N–H and O–H groups in total. The average Bonchev–Trinajstić information content (AvgIpc) is 2.65. The maximum atomic E-state index is 12.7. The van der Waals surface area contributed by atoms with Gasteiger partial charge in [0.1, 0.15) is 0 Å². The molecule has 0 saturated heterocycles. The fourth-order valence-electron chi connectivity index (χ4n) is 1.19. The Morgan fingerprint density at radius 1 is 1.47 bits per heavy atom. The second-order valence-corrected chi connectivity index (χ2v) is 2.88. The van der Waals surface area contributed by atoms with Crippen LogP contribution in [0.5, 0.6) is 0 Å². The summed E-state index contributed by atoms with van der Waals surface area (Å²) in [5.74, 6) is -0.485. The molecule has 0 saturated carbocycles. The van der Waals surface area contributed by atoms with Crippen LogP contribution in [0.25, 0.3) is 5.69 Å². The van der Waals surface area contributed by atoms with Crippen molar-refractivity contribution in [3.63, 3.8) is 0 Å². The SMILES string of the molecule is O=[N+]([O-])c1cccc(-n2cc(F)cn2)c1. The lowest BCUT2D eigenvalue weighted by atomic mass is 10.3. The molecule has 0 fully saturated rings. The number of non-ortho nitro benzene ring substituents is 1. The standard InChI is InChI=1S/C9H6FN3O2/c10-7-5-11-12(6-7)8-2-1-3-9(4-8)13(14)15/h1-6H. The zero-order valence-electron chi connectivity index (χ0n) is 7.50. The Balaban J connectivity index is 2.45. The molecule has 0 unspecified atom stereocenters. The molecule has 1 aromatic heterocycles. The lowest BCUT2D eigenvalue weighted by molar-refractivity contribution is -0.384. The van der Waals surface area contributed by atoms with Crippen molar-refractivity contribution >= 4 is 5.69 Å². The van der Waals surface area contributed by atoms with Crippen LogP contribution >= 0.6 is 0 Å². The number of nitro groups is 1. The van der Waals surface area contributed by atoms with Gasteiger partial charge in [0.15, 0.2) is 5.82 Å². The smallest absolute Gasteiger partial charge is 0.258 e. The predicted molar refractivity (Wildman–Crippen MR) is 50.2 cm³/mol. The van der Waals surface area contributed by atoms with Gasteiger partial charge in [-0.15, -0.1) is 0 Å². The maximum Gasteiger partial charge on any atom is 0.271 e. The first-order valence-electron chi connectivity index (χ1n) is 4.12. The lowest BCUT2D eigenvalue weighted by Gasteiger charge is -1.99. The maximum absolute atomic E-state index is 12.7. The highest BCUT2D eigenvalue weighted by Gasteiger charge is 2.07. The van der Waals surface area contributed by atoms with Gasteiger partial charge in [-0.25, -0.2) is 9.07 Å². The number of hydrogen-bond acceptors (Lipinski definition) is 3. The van der Waals surface area contributed by atoms with Crippen LogP contribution in [0.15, 0.2) is 36.7 Å². The van der Waals surface area contributed by atoms with Crippen molar-refractivity contribution in [3.05, 3.63) is 52.6 Å². The number of halogens is 1. The molecule has 76 valence electrons. The van der Waals surface area contributed by atoms with E-state index in [1.165, 1.54) is 22.9 Å². The zero-order chi connectivity index (χ0) is 10.8. The van der Waals surface area contributed by atoms with E-state index in [9.17, 15) is 14.5 Å². The van der Waals surface area contributed by atoms with Crippen molar-refractivity contribution in [2.24, 2.45) is 0 Å². The van der Waals surface area contributed by atoms with Crippen molar-refractivity contribution < 1.29 is 9.31 Å². The van der Waals surface area contributed by atoms with Gasteiger partial charge in [-0.2, -0.15) is 5.10 Å². The zero-order valence-corrected chi connectivity index (χ0v) is 7.50. The highest BCUT2D eigenvalue weighted by Crippen LogP contribution is 2.16. The minimum atomic E-state index is -0.511. The summed E-state index contributed by atoms with van der Waals surface area (Å²) in [7, 11) is 0. The van der Waals surface area contributed by atoms with E-state index >= 15 is 0 Å². The van der Waals surface area contributed by atoms with Crippen LogP contribution in [0.1, 0.15) is 0 Å². The monoisotopic (exact) mass is 207 g/mol. The van der Waals surface area contributed by atoms with Crippen LogP contribution in [0.3, 0.4) is 0 Å². The molecule has 1 heterocycles. The van der Waals surface area contributed by atoms with Gasteiger partial charge in [0, 0.05) is 12.1 Å². The number of aromatic nitrogens is 2. The Kier molecular flexibility index (Phi) is 2.17. The summed E-state index contributed by atoms with van der Waals surface area (Å²) >= 11 is 0. The molecule has 1 aromatic carbocycles. The fraction of sp³-hybridized carbons (Fsp3) is 0. The number of hydrogen-bond donors (Lipinski definition) is 0. The summed E-state index contributed by atoms with van der Waals surface area (Å²) in [5, 5.41) is 14.2. The Bertz CT molecular complexity index is 510. The van der Waals surface area contributed by atoms with Gasteiger partial charge < -0.3 is 0 Å². The van der Waals surface area contributed by atoms with E-state index in [0.29, 0.717) is 5.69 Å². The van der Waals surface area contributed by atoms with E-state index in [-0.39, 0.29) is 5.69 Å². The Morgan fingerprint density at radius 2 is 2.27 bits per heavy atom. The summed E-state index contributed by atoms with van der Waals surface area (Å²) in [6, 6.07) is 5.82. The summed E-state index contributed by atoms with van der Waals surface area (Å²) in [6.07, 6.45) is 2.19. The molecule has 0 bridgehead atoms. The molecule has 0 radical (unpaired) electrons. The summed E-state index contributed by atoms with van der Waals surface area (Å²) in [6.45, 7) is 0. The van der Waals surface area contributed by atoms with E-state index in [1.807, 2.05) is 0 Å². The average molecular weight is 207 g/mol. The second kappa shape index (κ2) is 3.49. The molecular formula is C9H6FN3O2. The predicted octanol–water partition coefficient (Wildman–Crippen LogP) is 1.92. The van der Waals surface area contributed by atoms with Crippen LogP contribution in [-0.2, 0) is 0 Å². The molecule has 0 amide bonds. The first-order valence-corrected chi connectivity index (χ1v) is 4.12. The summed E-state index contributed by atoms with van der Waals surface area (Å²) < 4.78 is 13.9. The third kappa shape index (κ3) is 1.83. The molecule has 5 nitrogen and oxygen atoms in total. The Labute approximate surface area is 83.9 Å². The first kappa shape index (κ1) is 9.32. The normalized spacial score (nSPS) is 10.2. The van der Waals surface area contributed by atoms with E-state index in [4.69, 9.17) is 0 Å². The molecule has 2 aromatic rings. The summed E-state index contributed by atoms with van der Waals surface area (Å²) in [5.41, 5.74) is 0.400. The van der Waals surface area contributed by atoms with Crippen LogP contribution in [0, 0.1) is 15.9 Å². The van der Waals surface area contributed by atoms with Crippen molar-refractivity contribution in [3.8, 4) is 5.69 Å². The van der Waals surface area contributed by atoms with Gasteiger partial charge in [-0.1, -0.05) is 6.07 Å². The van der Waals surface area contributed by atoms with Gasteiger partial charge in [0.05, 0.1) is 23.0 Å². The van der Waals surface area contributed by atoms with E-state index in [1.54, 1.807) is 6.07 Å². The highest BCUT2D eigenvalue weighted by atomic mass is 19.1. The van der Waals surface area contributed by atoms with Crippen LogP contribution in [0.4, 0.5) is 10.1 Å². The molecular weight excluding hydrogens is 201 g/mol. The molecule has 2 rings (SSSR count). The molecule has 15 heavy (non-hydrogen) atoms. The van der Waals surface area contributed by atoms with Gasteiger partial charge in [-0.05, 0) is 6.07 Å². The largest absolute Gasteiger partial charge is 0.271 e. The molecule has 0 aliphatic carbocycles. The summed E-state index contributed by atoms with van der Waals surface area (Å²) in [4.78, 5) is 9.98. The van der Waals surface area contributed by atoms with Crippen molar-refractivity contribution in [2.45, 2.75) is 0 Å². The molecule has 0 spiro atoms. The topological polar surface area (TPSA) is 61.0 Å². The van der Waals surface area contributed by atoms with E-state index < -0.39 is 10.7 Å². The second-order valence-electron chi connectivity index (χ2n) is 2.88. The number of benzene rings is 1. The van der Waals surface area contributed by atoms with Crippen molar-refractivity contribution in [2.75, 3.05) is 0 Å². The third-order valence-corrected chi connectivity index (χ3v) is 1.86. The van der Waals surface area contributed by atoms with Gasteiger partial charge in [-0.3, -0.25) is 10.1 Å². The Morgan fingerprint density at radius 3 is 2.87 bits per heavy atom. The van der Waals surface area contributed by atoms with E-state index in [0.717, 1.165) is 12.4 Å². The minimum absolute atomic E-state index is 0.0524. The number of nitrogens with zero attached hydrogens (tertiary/aromatic N) is 3. The lowest BCUT2D eigenvalue weighted by Crippen LogP contribution is -1.95. The Hall–Kier alpha value is -2.24. The molecule has 0 aliphatic heterocycles. The fourth-order valence-corrected chi connectivity index (χ4v) is 1.19. The third-order valence-electron chi connectivity index (χ3n) is 1.86. The van der Waals surface area contributed by atoms with Gasteiger partial charge in [0.25, 0.3) is 5.69 Å². The van der Waals surface area contributed by atoms with Crippen LogP contribution in [0.2, 0.25) is 0 Å². The molecule has 0 atom stereocenters. The quantitative estimate of drug-likeness (QED) is 0.558. The van der Waals surface area contributed by atoms with Crippen LogP contribution in [-0.4, -0.2) is 14.7 Å². The number of nitro benzene ring substituents is 1. The molecule has 6 heteroatoms. The van der Waals surface area contributed by atoms with Crippen molar-refractivity contribution in [1.29, 1.82) is 0 Å². The van der Waals surface area contributed by atoms with Gasteiger partial charge in [0.2, 0.25) is 0 Å².